The first-order valence-corrected chi connectivity index (χ1v) is 7.40. The zero-order valence-corrected chi connectivity index (χ0v) is 11.0. The summed E-state index contributed by atoms with van der Waals surface area (Å²) in [7, 11) is 0. The zero-order chi connectivity index (χ0) is 12.1. The molecule has 1 atom stereocenters. The molecule has 0 fully saturated rings. The van der Waals surface area contributed by atoms with Crippen molar-refractivity contribution in [1.29, 1.82) is 0 Å². The van der Waals surface area contributed by atoms with E-state index in [1.807, 2.05) is 42.5 Å². The van der Waals surface area contributed by atoms with Crippen molar-refractivity contribution in [1.82, 2.24) is 4.98 Å². The first-order chi connectivity index (χ1) is 8.27. The van der Waals surface area contributed by atoms with E-state index in [-0.39, 0.29) is 15.0 Å². The van der Waals surface area contributed by atoms with Crippen LogP contribution in [-0.2, 0) is 0 Å². The van der Waals surface area contributed by atoms with Crippen LogP contribution in [0.4, 0.5) is 5.69 Å². The summed E-state index contributed by atoms with van der Waals surface area (Å²) >= 11 is 0.0978. The van der Waals surface area contributed by atoms with Gasteiger partial charge in [-0.15, -0.1) is 0 Å². The van der Waals surface area contributed by atoms with E-state index in [4.69, 9.17) is 5.73 Å². The molecule has 1 unspecified atom stereocenters. The van der Waals surface area contributed by atoms with E-state index in [0.717, 1.165) is 10.2 Å². The van der Waals surface area contributed by atoms with Crippen LogP contribution in [0.15, 0.2) is 48.7 Å². The number of aliphatic hydroxyl groups excluding tert-OH is 1. The molecule has 3 nitrogen and oxygen atoms in total. The molecule has 2 aromatic rings. The number of hydrogen-bond donors (Lipinski definition) is 2. The van der Waals surface area contributed by atoms with Gasteiger partial charge in [0.2, 0.25) is 0 Å². The zero-order valence-electron chi connectivity index (χ0n) is 9.28. The fraction of sp³-hybridized carbons (Fsp3) is 0.154. The van der Waals surface area contributed by atoms with Crippen LogP contribution >= 0.6 is 0 Å². The molecule has 17 heavy (non-hydrogen) atoms. The van der Waals surface area contributed by atoms with Crippen LogP contribution in [0.5, 0.6) is 0 Å². The van der Waals surface area contributed by atoms with Gasteiger partial charge in [0.25, 0.3) is 0 Å². The number of rotatable bonds is 4. The van der Waals surface area contributed by atoms with E-state index in [2.05, 4.69) is 4.98 Å². The summed E-state index contributed by atoms with van der Waals surface area (Å²) in [6.07, 6.45) is 1.31. The molecule has 1 aromatic heterocycles. The van der Waals surface area contributed by atoms with Gasteiger partial charge in [0.1, 0.15) is 0 Å². The first kappa shape index (κ1) is 12.1. The second kappa shape index (κ2) is 5.82. The predicted molar refractivity (Wildman–Crippen MR) is 70.2 cm³/mol. The Morgan fingerprint density at radius 1 is 1.18 bits per heavy atom. The molecule has 0 aliphatic carbocycles. The first-order valence-electron chi connectivity index (χ1n) is 5.33. The Bertz CT molecular complexity index is 476. The van der Waals surface area contributed by atoms with Crippen molar-refractivity contribution < 1.29 is 5.11 Å². The summed E-state index contributed by atoms with van der Waals surface area (Å²) in [5, 5.41) is 10.7. The number of anilines is 1. The van der Waals surface area contributed by atoms with Crippen molar-refractivity contribution in [3.8, 4) is 0 Å². The van der Waals surface area contributed by atoms with E-state index in [1.165, 1.54) is 0 Å². The van der Waals surface area contributed by atoms with Crippen LogP contribution in [0.1, 0.15) is 11.7 Å². The summed E-state index contributed by atoms with van der Waals surface area (Å²) in [6.45, 7) is 0. The van der Waals surface area contributed by atoms with Crippen molar-refractivity contribution in [2.75, 3.05) is 5.73 Å². The van der Waals surface area contributed by atoms with Gasteiger partial charge in [-0.2, -0.15) is 0 Å². The molecule has 88 valence electrons. The van der Waals surface area contributed by atoms with Crippen LogP contribution in [-0.4, -0.2) is 25.0 Å². The fourth-order valence-corrected chi connectivity index (χ4v) is 3.30. The molecular formula is C13H14N2OSe. The van der Waals surface area contributed by atoms with Crippen LogP contribution in [0.3, 0.4) is 0 Å². The number of benzene rings is 1. The second-order valence-corrected chi connectivity index (χ2v) is 5.75. The third-order valence-corrected chi connectivity index (χ3v) is 4.66. The van der Waals surface area contributed by atoms with Crippen molar-refractivity contribution in [3.63, 3.8) is 0 Å². The molecule has 4 heteroatoms. The monoisotopic (exact) mass is 294 g/mol. The summed E-state index contributed by atoms with van der Waals surface area (Å²) in [6, 6.07) is 13.3. The Balaban J connectivity index is 1.97. The number of nitrogens with zero attached hydrogens (tertiary/aromatic N) is 1. The van der Waals surface area contributed by atoms with Gasteiger partial charge in [-0.25, -0.2) is 0 Å². The molecule has 1 aromatic carbocycles. The summed E-state index contributed by atoms with van der Waals surface area (Å²) in [5.74, 6) is 0. The van der Waals surface area contributed by atoms with Crippen molar-refractivity contribution in [2.45, 2.75) is 11.4 Å². The Morgan fingerprint density at radius 2 is 1.94 bits per heavy atom. The van der Waals surface area contributed by atoms with E-state index in [0.29, 0.717) is 11.0 Å². The van der Waals surface area contributed by atoms with Gasteiger partial charge >= 0.3 is 107 Å². The predicted octanol–water partition coefficient (Wildman–Crippen LogP) is 1.15. The molecule has 0 radical (unpaired) electrons. The second-order valence-electron chi connectivity index (χ2n) is 3.64. The quantitative estimate of drug-likeness (QED) is 0.831. The van der Waals surface area contributed by atoms with Crippen molar-refractivity contribution in [3.05, 3.63) is 54.2 Å². The number of hydrogen-bond acceptors (Lipinski definition) is 3. The van der Waals surface area contributed by atoms with E-state index in [9.17, 15) is 5.11 Å². The molecule has 3 N–H and O–H groups in total. The average molecular weight is 293 g/mol. The molecule has 0 amide bonds. The molecule has 0 aliphatic heterocycles. The number of nitrogens with two attached hydrogens (primary N) is 1. The standard InChI is InChI=1S/C13H14N2OSe/c14-11-7-4-8-15-13(11)17-9-12(16)10-5-2-1-3-6-10/h1-8,12,16H,9,14H2. The summed E-state index contributed by atoms with van der Waals surface area (Å²) in [4.78, 5) is 4.24. The maximum atomic E-state index is 10.0. The third kappa shape index (κ3) is 3.30. The summed E-state index contributed by atoms with van der Waals surface area (Å²) in [5.41, 5.74) is 7.48. The van der Waals surface area contributed by atoms with Crippen LogP contribution in [0, 0.1) is 0 Å². The average Bonchev–Trinajstić information content (AvgIpc) is 2.38. The van der Waals surface area contributed by atoms with E-state index < -0.39 is 6.10 Å². The van der Waals surface area contributed by atoms with Crippen molar-refractivity contribution in [2.24, 2.45) is 0 Å². The van der Waals surface area contributed by atoms with Gasteiger partial charge in [0, 0.05) is 0 Å². The Kier molecular flexibility index (Phi) is 4.15. The molecule has 0 aliphatic rings. The third-order valence-electron chi connectivity index (χ3n) is 2.36. The van der Waals surface area contributed by atoms with E-state index >= 15 is 0 Å². The molecule has 0 bridgehead atoms. The topological polar surface area (TPSA) is 59.1 Å². The molecule has 0 spiro atoms. The van der Waals surface area contributed by atoms with Gasteiger partial charge < -0.3 is 0 Å². The molecule has 2 rings (SSSR count). The molecule has 1 heterocycles. The minimum atomic E-state index is -0.433. The number of nitrogen functional groups attached to an aromatic ring is 1. The SMILES string of the molecule is Nc1cccnc1[Se]CC(O)c1ccccc1. The molecule has 0 saturated carbocycles. The van der Waals surface area contributed by atoms with Crippen LogP contribution in [0.25, 0.3) is 0 Å². The molecular weight excluding hydrogens is 279 g/mol. The Labute approximate surface area is 107 Å². The number of aromatic nitrogens is 1. The van der Waals surface area contributed by atoms with Crippen molar-refractivity contribution >= 4 is 25.2 Å². The van der Waals surface area contributed by atoms with Crippen LogP contribution < -0.4 is 10.3 Å². The van der Waals surface area contributed by atoms with Gasteiger partial charge in [-0.1, -0.05) is 0 Å². The van der Waals surface area contributed by atoms with Gasteiger partial charge in [-0.05, 0) is 0 Å². The van der Waals surface area contributed by atoms with Gasteiger partial charge in [0.05, 0.1) is 0 Å². The van der Waals surface area contributed by atoms with E-state index in [1.54, 1.807) is 6.20 Å². The number of pyridine rings is 1. The Morgan fingerprint density at radius 3 is 2.65 bits per heavy atom. The maximum absolute atomic E-state index is 10.0. The van der Waals surface area contributed by atoms with Gasteiger partial charge in [0.15, 0.2) is 0 Å². The normalized spacial score (nSPS) is 12.3. The summed E-state index contributed by atoms with van der Waals surface area (Å²) < 4.78 is 0.912. The molecule has 0 saturated heterocycles. The number of aliphatic hydroxyl groups is 1. The Hall–Kier alpha value is -1.35. The van der Waals surface area contributed by atoms with Gasteiger partial charge in [-0.3, -0.25) is 0 Å². The van der Waals surface area contributed by atoms with Crippen LogP contribution in [0.2, 0.25) is 5.32 Å². The fourth-order valence-electron chi connectivity index (χ4n) is 1.45. The minimum absolute atomic E-state index is 0.0978.